The van der Waals surface area contributed by atoms with Gasteiger partial charge in [-0.05, 0) is 59.5 Å². The van der Waals surface area contributed by atoms with Crippen molar-refractivity contribution in [2.45, 2.75) is 20.0 Å². The number of methoxy groups -OCH3 is 1. The third-order valence-electron chi connectivity index (χ3n) is 6.29. The van der Waals surface area contributed by atoms with E-state index in [9.17, 15) is 4.39 Å². The van der Waals surface area contributed by atoms with Gasteiger partial charge in [0.2, 0.25) is 0 Å². The molecule has 0 aliphatic heterocycles. The lowest BCUT2D eigenvalue weighted by molar-refractivity contribution is 0.406. The van der Waals surface area contributed by atoms with Gasteiger partial charge in [0.1, 0.15) is 17.4 Å². The number of aryl methyl sites for hydroxylation is 1. The van der Waals surface area contributed by atoms with Crippen LogP contribution in [0.2, 0.25) is 0 Å². The number of anilines is 2. The molecular formula is C31H28FN3O. The van der Waals surface area contributed by atoms with Crippen LogP contribution in [-0.2, 0) is 13.1 Å². The molecule has 0 fully saturated rings. The van der Waals surface area contributed by atoms with E-state index < -0.39 is 0 Å². The molecule has 4 nitrogen and oxygen atoms in total. The number of pyridine rings is 1. The normalized spacial score (nSPS) is 10.9. The second-order valence-corrected chi connectivity index (χ2v) is 8.75. The predicted octanol–water partition coefficient (Wildman–Crippen LogP) is 7.58. The molecule has 0 atom stereocenters. The van der Waals surface area contributed by atoms with Crippen LogP contribution in [0.5, 0.6) is 5.75 Å². The number of nitrogens with zero attached hydrogens (tertiary/aromatic N) is 1. The molecule has 0 saturated carbocycles. The van der Waals surface area contributed by atoms with Crippen LogP contribution in [0.15, 0.2) is 97.1 Å². The standard InChI is InChI=1S/C31H28FN3O/c1-21-8-6-7-11-26(21)27-18-31(34-20-23-12-13-24(32)16-30(23)36-2)35-29-15-14-25(17-28(27)29)33-19-22-9-4-3-5-10-22/h3-18,33H,19-20H2,1-2H3,(H,34,35). The average molecular weight is 478 g/mol. The van der Waals surface area contributed by atoms with Gasteiger partial charge in [0.05, 0.1) is 12.6 Å². The third kappa shape index (κ3) is 5.15. The van der Waals surface area contributed by atoms with Crippen molar-refractivity contribution in [3.8, 4) is 16.9 Å². The first kappa shape index (κ1) is 23.4. The van der Waals surface area contributed by atoms with Gasteiger partial charge in [0, 0.05) is 35.8 Å². The lowest BCUT2D eigenvalue weighted by Gasteiger charge is -2.15. The molecule has 0 amide bonds. The van der Waals surface area contributed by atoms with Gasteiger partial charge in [-0.3, -0.25) is 0 Å². The second kappa shape index (κ2) is 10.5. The van der Waals surface area contributed by atoms with Gasteiger partial charge in [-0.25, -0.2) is 9.37 Å². The molecule has 0 saturated heterocycles. The summed E-state index contributed by atoms with van der Waals surface area (Å²) in [5.41, 5.74) is 7.49. The summed E-state index contributed by atoms with van der Waals surface area (Å²) in [4.78, 5) is 4.88. The minimum absolute atomic E-state index is 0.321. The fourth-order valence-electron chi connectivity index (χ4n) is 4.37. The number of hydrogen-bond acceptors (Lipinski definition) is 4. The highest BCUT2D eigenvalue weighted by Crippen LogP contribution is 2.34. The highest BCUT2D eigenvalue weighted by atomic mass is 19.1. The summed E-state index contributed by atoms with van der Waals surface area (Å²) in [6.45, 7) is 3.33. The molecule has 0 bridgehead atoms. The van der Waals surface area contributed by atoms with Gasteiger partial charge in [-0.1, -0.05) is 60.7 Å². The van der Waals surface area contributed by atoms with E-state index in [0.717, 1.165) is 45.6 Å². The molecule has 2 N–H and O–H groups in total. The molecule has 36 heavy (non-hydrogen) atoms. The van der Waals surface area contributed by atoms with E-state index in [4.69, 9.17) is 9.72 Å². The van der Waals surface area contributed by atoms with Crippen molar-refractivity contribution in [1.82, 2.24) is 4.98 Å². The SMILES string of the molecule is COc1cc(F)ccc1CNc1cc(-c2ccccc2C)c2cc(NCc3ccccc3)ccc2n1. The maximum Gasteiger partial charge on any atom is 0.127 e. The molecular weight excluding hydrogens is 449 g/mol. The summed E-state index contributed by atoms with van der Waals surface area (Å²) in [5, 5.41) is 8.02. The first-order chi connectivity index (χ1) is 17.6. The van der Waals surface area contributed by atoms with Crippen molar-refractivity contribution in [1.29, 1.82) is 0 Å². The average Bonchev–Trinajstić information content (AvgIpc) is 2.91. The second-order valence-electron chi connectivity index (χ2n) is 8.75. The lowest BCUT2D eigenvalue weighted by Crippen LogP contribution is -2.04. The van der Waals surface area contributed by atoms with E-state index in [1.54, 1.807) is 13.2 Å². The zero-order valence-corrected chi connectivity index (χ0v) is 20.4. The molecule has 0 spiro atoms. The minimum Gasteiger partial charge on any atom is -0.496 e. The maximum absolute atomic E-state index is 13.6. The predicted molar refractivity (Wildman–Crippen MR) is 146 cm³/mol. The molecule has 4 aromatic carbocycles. The Morgan fingerprint density at radius 3 is 2.39 bits per heavy atom. The van der Waals surface area contributed by atoms with Crippen molar-refractivity contribution in [3.05, 3.63) is 120 Å². The van der Waals surface area contributed by atoms with Gasteiger partial charge in [0.25, 0.3) is 0 Å². The zero-order chi connectivity index (χ0) is 24.9. The Hall–Kier alpha value is -4.38. The zero-order valence-electron chi connectivity index (χ0n) is 20.4. The molecule has 0 radical (unpaired) electrons. The van der Waals surface area contributed by atoms with E-state index >= 15 is 0 Å². The Morgan fingerprint density at radius 2 is 1.58 bits per heavy atom. The van der Waals surface area contributed by atoms with E-state index in [2.05, 4.69) is 72.2 Å². The van der Waals surface area contributed by atoms with E-state index in [1.165, 1.54) is 23.3 Å². The minimum atomic E-state index is -0.321. The van der Waals surface area contributed by atoms with E-state index in [-0.39, 0.29) is 5.82 Å². The van der Waals surface area contributed by atoms with E-state index in [0.29, 0.717) is 12.3 Å². The lowest BCUT2D eigenvalue weighted by atomic mass is 9.97. The van der Waals surface area contributed by atoms with Gasteiger partial charge >= 0.3 is 0 Å². The van der Waals surface area contributed by atoms with Crippen molar-refractivity contribution < 1.29 is 9.13 Å². The summed E-state index contributed by atoms with van der Waals surface area (Å²) in [5.74, 6) is 0.937. The molecule has 1 heterocycles. The third-order valence-corrected chi connectivity index (χ3v) is 6.29. The smallest absolute Gasteiger partial charge is 0.127 e. The number of benzene rings is 4. The molecule has 0 unspecified atom stereocenters. The van der Waals surface area contributed by atoms with Crippen LogP contribution in [0, 0.1) is 12.7 Å². The van der Waals surface area contributed by atoms with Crippen LogP contribution in [0.4, 0.5) is 15.9 Å². The fourth-order valence-corrected chi connectivity index (χ4v) is 4.37. The summed E-state index contributed by atoms with van der Waals surface area (Å²) in [6, 6.07) is 31.7. The number of fused-ring (bicyclic) bond motifs is 1. The summed E-state index contributed by atoms with van der Waals surface area (Å²) < 4.78 is 19.0. The Balaban J connectivity index is 1.50. The highest BCUT2D eigenvalue weighted by molar-refractivity contribution is 5.98. The van der Waals surface area contributed by atoms with E-state index in [1.807, 2.05) is 24.3 Å². The highest BCUT2D eigenvalue weighted by Gasteiger charge is 2.12. The van der Waals surface area contributed by atoms with Crippen LogP contribution in [0.25, 0.3) is 22.0 Å². The van der Waals surface area contributed by atoms with Crippen molar-refractivity contribution in [2.75, 3.05) is 17.7 Å². The van der Waals surface area contributed by atoms with Crippen LogP contribution >= 0.6 is 0 Å². The number of nitrogens with one attached hydrogen (secondary N) is 2. The van der Waals surface area contributed by atoms with Gasteiger partial charge in [-0.2, -0.15) is 0 Å². The van der Waals surface area contributed by atoms with Gasteiger partial charge in [0.15, 0.2) is 0 Å². The quantitative estimate of drug-likeness (QED) is 0.242. The van der Waals surface area contributed by atoms with Gasteiger partial charge < -0.3 is 15.4 Å². The Bertz CT molecular complexity index is 1500. The van der Waals surface area contributed by atoms with Crippen LogP contribution in [0.1, 0.15) is 16.7 Å². The summed E-state index contributed by atoms with van der Waals surface area (Å²) in [6.07, 6.45) is 0. The fraction of sp³-hybridized carbons (Fsp3) is 0.129. The first-order valence-electron chi connectivity index (χ1n) is 12.0. The van der Waals surface area contributed by atoms with Gasteiger partial charge in [-0.15, -0.1) is 0 Å². The largest absolute Gasteiger partial charge is 0.496 e. The number of ether oxygens (including phenoxy) is 1. The number of hydrogen-bond donors (Lipinski definition) is 2. The first-order valence-corrected chi connectivity index (χ1v) is 12.0. The molecule has 5 rings (SSSR count). The molecule has 1 aromatic heterocycles. The van der Waals surface area contributed by atoms with Crippen molar-refractivity contribution >= 4 is 22.4 Å². The van der Waals surface area contributed by atoms with Crippen LogP contribution in [-0.4, -0.2) is 12.1 Å². The molecule has 0 aliphatic rings. The number of rotatable bonds is 8. The Kier molecular flexibility index (Phi) is 6.80. The van der Waals surface area contributed by atoms with Crippen molar-refractivity contribution in [2.24, 2.45) is 0 Å². The van der Waals surface area contributed by atoms with Crippen LogP contribution < -0.4 is 15.4 Å². The summed E-state index contributed by atoms with van der Waals surface area (Å²) in [7, 11) is 1.55. The maximum atomic E-state index is 13.6. The van der Waals surface area contributed by atoms with Crippen LogP contribution in [0.3, 0.4) is 0 Å². The molecule has 180 valence electrons. The number of halogens is 1. The number of aromatic nitrogens is 1. The molecule has 5 aromatic rings. The Morgan fingerprint density at radius 1 is 0.778 bits per heavy atom. The molecule has 5 heteroatoms. The van der Waals surface area contributed by atoms with Crippen molar-refractivity contribution in [3.63, 3.8) is 0 Å². The topological polar surface area (TPSA) is 46.2 Å². The summed E-state index contributed by atoms with van der Waals surface area (Å²) >= 11 is 0. The Labute approximate surface area is 210 Å². The monoisotopic (exact) mass is 477 g/mol. The molecule has 0 aliphatic carbocycles.